The molecule has 0 aliphatic carbocycles. The Hall–Kier alpha value is -2.98. The topological polar surface area (TPSA) is 86.8 Å². The zero-order valence-corrected chi connectivity index (χ0v) is 26.0. The average Bonchev–Trinajstić information content (AvgIpc) is 3.23. The zero-order valence-electron chi connectivity index (χ0n) is 23.7. The van der Waals surface area contributed by atoms with E-state index in [4.69, 9.17) is 23.2 Å². The Morgan fingerprint density at radius 1 is 0.977 bits per heavy atom. The average molecular weight is 645 g/mol. The SMILES string of the molecule is Cc1ccc(F)cc1[C@@H]1N(CCCN2CCS(=O)(=O)CC2)C(=O)C[C@H](c2cccc(Cl)c2)[C@@]12C(=O)Nc1cc(Cl)ccc12. The summed E-state index contributed by atoms with van der Waals surface area (Å²) in [5.41, 5.74) is 2.00. The zero-order chi connectivity index (χ0) is 30.5. The second kappa shape index (κ2) is 11.5. The van der Waals surface area contributed by atoms with E-state index in [0.29, 0.717) is 59.5 Å². The van der Waals surface area contributed by atoms with Crippen LogP contribution in [-0.2, 0) is 24.8 Å². The molecule has 7 nitrogen and oxygen atoms in total. The molecule has 43 heavy (non-hydrogen) atoms. The van der Waals surface area contributed by atoms with Crippen LogP contribution < -0.4 is 5.32 Å². The maximum atomic E-state index is 15.0. The number of fused-ring (bicyclic) bond motifs is 2. The van der Waals surface area contributed by atoms with Crippen LogP contribution in [0.15, 0.2) is 60.7 Å². The Balaban J connectivity index is 1.49. The summed E-state index contributed by atoms with van der Waals surface area (Å²) in [5, 5.41) is 3.99. The van der Waals surface area contributed by atoms with E-state index < -0.39 is 33.0 Å². The lowest BCUT2D eigenvalue weighted by atomic mass is 9.58. The first kappa shape index (κ1) is 30.1. The lowest BCUT2D eigenvalue weighted by molar-refractivity contribution is -0.145. The Kier molecular flexibility index (Phi) is 8.04. The highest BCUT2D eigenvalue weighted by molar-refractivity contribution is 7.91. The maximum Gasteiger partial charge on any atom is 0.238 e. The van der Waals surface area contributed by atoms with E-state index in [0.717, 1.165) is 11.1 Å². The first-order valence-corrected chi connectivity index (χ1v) is 16.9. The minimum Gasteiger partial charge on any atom is -0.334 e. The molecule has 3 atom stereocenters. The first-order valence-electron chi connectivity index (χ1n) is 14.3. The van der Waals surface area contributed by atoms with Crippen molar-refractivity contribution in [2.45, 2.75) is 37.1 Å². The minimum absolute atomic E-state index is 0.0443. The molecular weight excluding hydrogens is 612 g/mol. The molecule has 0 radical (unpaired) electrons. The number of anilines is 1. The standard InChI is InChI=1S/C32H32Cl2FN3O4S/c1-20-6-8-24(35)18-25(20)30-32(26-9-7-23(34)17-28(26)36-31(32)40)27(21-4-2-5-22(33)16-21)19-29(39)38(30)11-3-10-37-12-14-43(41,42)15-13-37/h2,4-9,16-18,27,30H,3,10-15,19H2,1H3,(H,36,40)/t27-,30+,32-/m1/s1. The summed E-state index contributed by atoms with van der Waals surface area (Å²) in [7, 11) is -3.02. The fraction of sp³-hybridized carbons (Fsp3) is 0.375. The number of likely N-dealkylation sites (tertiary alicyclic amines) is 1. The van der Waals surface area contributed by atoms with Gasteiger partial charge < -0.3 is 15.1 Å². The van der Waals surface area contributed by atoms with Gasteiger partial charge in [-0.05, 0) is 78.5 Å². The van der Waals surface area contributed by atoms with Crippen LogP contribution >= 0.6 is 23.2 Å². The van der Waals surface area contributed by atoms with Crippen molar-refractivity contribution in [3.63, 3.8) is 0 Å². The van der Waals surface area contributed by atoms with Crippen molar-refractivity contribution < 1.29 is 22.4 Å². The van der Waals surface area contributed by atoms with Gasteiger partial charge in [-0.2, -0.15) is 0 Å². The van der Waals surface area contributed by atoms with Gasteiger partial charge in [0.15, 0.2) is 9.84 Å². The third kappa shape index (κ3) is 5.45. The van der Waals surface area contributed by atoms with Gasteiger partial charge in [-0.1, -0.05) is 47.5 Å². The van der Waals surface area contributed by atoms with Gasteiger partial charge >= 0.3 is 0 Å². The molecule has 2 fully saturated rings. The number of hydrogen-bond donors (Lipinski definition) is 1. The first-order chi connectivity index (χ1) is 20.5. The maximum absolute atomic E-state index is 15.0. The normalized spacial score (nSPS) is 25.2. The summed E-state index contributed by atoms with van der Waals surface area (Å²) in [6.45, 7) is 3.65. The Morgan fingerprint density at radius 3 is 2.47 bits per heavy atom. The number of aryl methyl sites for hydroxylation is 1. The van der Waals surface area contributed by atoms with Crippen molar-refractivity contribution >= 4 is 50.5 Å². The monoisotopic (exact) mass is 643 g/mol. The largest absolute Gasteiger partial charge is 0.334 e. The molecule has 3 aliphatic rings. The van der Waals surface area contributed by atoms with Crippen molar-refractivity contribution in [1.82, 2.24) is 9.80 Å². The molecule has 0 aromatic heterocycles. The molecule has 0 saturated carbocycles. The third-order valence-corrected chi connectivity index (χ3v) is 11.2. The Labute approximate surface area is 260 Å². The molecule has 3 aromatic carbocycles. The van der Waals surface area contributed by atoms with Crippen LogP contribution in [0.25, 0.3) is 0 Å². The summed E-state index contributed by atoms with van der Waals surface area (Å²) < 4.78 is 38.8. The predicted octanol–water partition coefficient (Wildman–Crippen LogP) is 5.51. The molecule has 226 valence electrons. The van der Waals surface area contributed by atoms with Crippen molar-refractivity contribution in [3.8, 4) is 0 Å². The summed E-state index contributed by atoms with van der Waals surface area (Å²) >= 11 is 12.8. The fourth-order valence-corrected chi connectivity index (χ4v) is 8.74. The molecule has 2 saturated heterocycles. The van der Waals surface area contributed by atoms with E-state index in [9.17, 15) is 22.4 Å². The number of halogens is 3. The number of piperidine rings is 1. The molecule has 3 aromatic rings. The van der Waals surface area contributed by atoms with Gasteiger partial charge in [0, 0.05) is 47.7 Å². The minimum atomic E-state index is -3.02. The van der Waals surface area contributed by atoms with Crippen LogP contribution in [0.3, 0.4) is 0 Å². The number of amides is 2. The number of sulfone groups is 1. The number of nitrogens with one attached hydrogen (secondary N) is 1. The fourth-order valence-electron chi connectivity index (χ4n) is 7.09. The van der Waals surface area contributed by atoms with Crippen LogP contribution in [0.4, 0.5) is 10.1 Å². The van der Waals surface area contributed by atoms with E-state index in [1.165, 1.54) is 12.1 Å². The highest BCUT2D eigenvalue weighted by Crippen LogP contribution is 2.60. The van der Waals surface area contributed by atoms with Gasteiger partial charge in [-0.25, -0.2) is 12.8 Å². The van der Waals surface area contributed by atoms with E-state index in [2.05, 4.69) is 10.2 Å². The molecule has 6 rings (SSSR count). The second-order valence-electron chi connectivity index (χ2n) is 11.7. The van der Waals surface area contributed by atoms with Crippen molar-refractivity contribution in [2.75, 3.05) is 43.0 Å². The molecule has 1 spiro atoms. The van der Waals surface area contributed by atoms with E-state index >= 15 is 0 Å². The second-order valence-corrected chi connectivity index (χ2v) is 14.8. The number of benzene rings is 3. The van der Waals surface area contributed by atoms with Crippen LogP contribution in [0, 0.1) is 12.7 Å². The Morgan fingerprint density at radius 2 is 1.72 bits per heavy atom. The molecular formula is C32H32Cl2FN3O4S. The van der Waals surface area contributed by atoms with Crippen LogP contribution in [0.1, 0.15) is 47.1 Å². The molecule has 11 heteroatoms. The lowest BCUT2D eigenvalue weighted by Crippen LogP contribution is -2.58. The van der Waals surface area contributed by atoms with E-state index in [1.807, 2.05) is 19.1 Å². The molecule has 0 bridgehead atoms. The van der Waals surface area contributed by atoms with Gasteiger partial charge in [0.1, 0.15) is 11.2 Å². The highest BCUT2D eigenvalue weighted by atomic mass is 35.5. The van der Waals surface area contributed by atoms with Gasteiger partial charge in [0.05, 0.1) is 17.5 Å². The summed E-state index contributed by atoms with van der Waals surface area (Å²) in [6, 6.07) is 16.1. The number of carbonyl (C=O) groups excluding carboxylic acids is 2. The van der Waals surface area contributed by atoms with Crippen LogP contribution in [0.2, 0.25) is 10.0 Å². The highest BCUT2D eigenvalue weighted by Gasteiger charge is 2.63. The number of nitrogens with zero attached hydrogens (tertiary/aromatic N) is 2. The predicted molar refractivity (Wildman–Crippen MR) is 166 cm³/mol. The lowest BCUT2D eigenvalue weighted by Gasteiger charge is -2.52. The Bertz CT molecular complexity index is 1700. The molecule has 2 amide bonds. The van der Waals surface area contributed by atoms with Gasteiger partial charge in [0.25, 0.3) is 0 Å². The van der Waals surface area contributed by atoms with Crippen LogP contribution in [0.5, 0.6) is 0 Å². The molecule has 3 aliphatic heterocycles. The number of rotatable bonds is 6. The molecule has 1 N–H and O–H groups in total. The van der Waals surface area contributed by atoms with Crippen molar-refractivity contribution in [2.24, 2.45) is 0 Å². The van der Waals surface area contributed by atoms with Gasteiger partial charge in [-0.15, -0.1) is 0 Å². The number of hydrogen-bond acceptors (Lipinski definition) is 5. The van der Waals surface area contributed by atoms with E-state index in [-0.39, 0.29) is 29.7 Å². The van der Waals surface area contributed by atoms with E-state index in [1.54, 1.807) is 41.3 Å². The van der Waals surface area contributed by atoms with Gasteiger partial charge in [0.2, 0.25) is 11.8 Å². The van der Waals surface area contributed by atoms with Gasteiger partial charge in [-0.3, -0.25) is 9.59 Å². The summed E-state index contributed by atoms with van der Waals surface area (Å²) in [6.07, 6.45) is 0.603. The smallest absolute Gasteiger partial charge is 0.238 e. The molecule has 3 heterocycles. The number of carbonyl (C=O) groups is 2. The van der Waals surface area contributed by atoms with Crippen LogP contribution in [-0.4, -0.2) is 67.7 Å². The van der Waals surface area contributed by atoms with Crippen molar-refractivity contribution in [1.29, 1.82) is 0 Å². The molecule has 0 unspecified atom stereocenters. The quantitative estimate of drug-likeness (QED) is 0.383. The summed E-state index contributed by atoms with van der Waals surface area (Å²) in [5.74, 6) is -1.27. The summed E-state index contributed by atoms with van der Waals surface area (Å²) in [4.78, 5) is 32.5. The van der Waals surface area contributed by atoms with Crippen molar-refractivity contribution in [3.05, 3.63) is 98.8 Å². The third-order valence-electron chi connectivity index (χ3n) is 9.14.